The molecule has 1 heterocycles. The molecule has 114 valence electrons. The van der Waals surface area contributed by atoms with E-state index >= 15 is 0 Å². The van der Waals surface area contributed by atoms with E-state index in [4.69, 9.17) is 11.5 Å². The summed E-state index contributed by atoms with van der Waals surface area (Å²) >= 11 is 0. The van der Waals surface area contributed by atoms with Gasteiger partial charge in [0, 0.05) is 37.7 Å². The molecule has 0 bridgehead atoms. The van der Waals surface area contributed by atoms with E-state index in [1.165, 1.54) is 0 Å². The fraction of sp³-hybridized carbons (Fsp3) is 0.133. The van der Waals surface area contributed by atoms with Gasteiger partial charge in [-0.3, -0.25) is 9.59 Å². The topological polar surface area (TPSA) is 107 Å². The largest absolute Gasteiger partial charge is 0.376 e. The summed E-state index contributed by atoms with van der Waals surface area (Å²) in [5, 5.41) is 0. The van der Waals surface area contributed by atoms with Crippen LogP contribution < -0.4 is 16.4 Å². The zero-order valence-electron chi connectivity index (χ0n) is 12.4. The zero-order valence-corrected chi connectivity index (χ0v) is 12.4. The Morgan fingerprint density at radius 3 is 2.36 bits per heavy atom. The summed E-state index contributed by atoms with van der Waals surface area (Å²) in [6, 6.07) is 7.04. The van der Waals surface area contributed by atoms with Gasteiger partial charge in [-0.1, -0.05) is 0 Å². The van der Waals surface area contributed by atoms with Crippen molar-refractivity contribution < 1.29 is 9.59 Å². The van der Waals surface area contributed by atoms with E-state index in [9.17, 15) is 9.59 Å². The molecule has 0 saturated heterocycles. The molecular formula is C15H17N5O2. The van der Waals surface area contributed by atoms with Gasteiger partial charge in [0.15, 0.2) is 12.2 Å². The number of amides is 1. The molecular weight excluding hydrogens is 282 g/mol. The number of carbonyl (C=O) groups is 2. The molecule has 0 spiro atoms. The normalized spacial score (nSPS) is 10.1. The zero-order chi connectivity index (χ0) is 16.3. The Balaban J connectivity index is 2.71. The van der Waals surface area contributed by atoms with Gasteiger partial charge in [-0.2, -0.15) is 4.99 Å². The van der Waals surface area contributed by atoms with E-state index in [1.807, 2.05) is 24.5 Å². The molecule has 4 N–H and O–H groups in total. The Hall–Kier alpha value is -3.09. The van der Waals surface area contributed by atoms with E-state index in [0.717, 1.165) is 0 Å². The van der Waals surface area contributed by atoms with Gasteiger partial charge in [0.25, 0.3) is 5.91 Å². The first-order valence-corrected chi connectivity index (χ1v) is 6.52. The highest BCUT2D eigenvalue weighted by Crippen LogP contribution is 2.27. The van der Waals surface area contributed by atoms with E-state index < -0.39 is 5.91 Å². The molecule has 1 aromatic carbocycles. The van der Waals surface area contributed by atoms with Crippen molar-refractivity contribution in [2.45, 2.75) is 0 Å². The monoisotopic (exact) mass is 299 g/mol. The Morgan fingerprint density at radius 1 is 1.23 bits per heavy atom. The number of hydrogen-bond acceptors (Lipinski definition) is 3. The van der Waals surface area contributed by atoms with Crippen LogP contribution in [0.1, 0.15) is 20.7 Å². The number of nitrogens with two attached hydrogens (primary N) is 2. The molecule has 2 rings (SSSR count). The lowest BCUT2D eigenvalue weighted by atomic mass is 10.0. The summed E-state index contributed by atoms with van der Waals surface area (Å²) in [5.74, 6) is -0.922. The van der Waals surface area contributed by atoms with Crippen LogP contribution in [0.15, 0.2) is 41.7 Å². The molecule has 0 aliphatic carbocycles. The summed E-state index contributed by atoms with van der Waals surface area (Å²) < 4.78 is 1.79. The molecule has 7 nitrogen and oxygen atoms in total. The van der Waals surface area contributed by atoms with Crippen molar-refractivity contribution in [3.05, 3.63) is 47.8 Å². The maximum absolute atomic E-state index is 12.3. The number of rotatable bonds is 4. The first kappa shape index (κ1) is 15.3. The predicted molar refractivity (Wildman–Crippen MR) is 85.6 cm³/mol. The Kier molecular flexibility index (Phi) is 4.26. The second-order valence-electron chi connectivity index (χ2n) is 4.88. The number of aldehydes is 1. The Morgan fingerprint density at radius 2 is 1.86 bits per heavy atom. The fourth-order valence-corrected chi connectivity index (χ4v) is 2.23. The number of aliphatic imine (C=N–C) groups is 1. The van der Waals surface area contributed by atoms with E-state index in [-0.39, 0.29) is 11.5 Å². The number of aromatic nitrogens is 1. The van der Waals surface area contributed by atoms with Crippen molar-refractivity contribution in [3.63, 3.8) is 0 Å². The maximum Gasteiger partial charge on any atom is 0.282 e. The standard InChI is InChI=1S/C15H17N5O2/c1-19(2)13-10(9-21)7-11(20-5-3-4-6-20)8-12(13)14(22)18-15(16)17/h3-9H,1-2H3,(H4,16,17,18,22). The molecule has 7 heteroatoms. The van der Waals surface area contributed by atoms with E-state index in [1.54, 1.807) is 35.7 Å². The van der Waals surface area contributed by atoms with Crippen LogP contribution in [-0.2, 0) is 0 Å². The van der Waals surface area contributed by atoms with Crippen LogP contribution in [-0.4, -0.2) is 36.8 Å². The third-order valence-electron chi connectivity index (χ3n) is 3.06. The summed E-state index contributed by atoms with van der Waals surface area (Å²) in [6.07, 6.45) is 4.33. The molecule has 0 unspecified atom stereocenters. The molecule has 0 saturated carbocycles. The molecule has 1 amide bonds. The summed E-state index contributed by atoms with van der Waals surface area (Å²) in [4.78, 5) is 28.9. The van der Waals surface area contributed by atoms with Gasteiger partial charge >= 0.3 is 0 Å². The fourth-order valence-electron chi connectivity index (χ4n) is 2.23. The Bertz CT molecular complexity index is 729. The minimum Gasteiger partial charge on any atom is -0.376 e. The second-order valence-corrected chi connectivity index (χ2v) is 4.88. The maximum atomic E-state index is 12.3. The number of guanidine groups is 1. The van der Waals surface area contributed by atoms with Gasteiger partial charge in [0.05, 0.1) is 11.3 Å². The van der Waals surface area contributed by atoms with Crippen LogP contribution >= 0.6 is 0 Å². The van der Waals surface area contributed by atoms with Crippen LogP contribution in [0.2, 0.25) is 0 Å². The average molecular weight is 299 g/mol. The highest BCUT2D eigenvalue weighted by atomic mass is 16.1. The van der Waals surface area contributed by atoms with Crippen molar-refractivity contribution >= 4 is 23.8 Å². The van der Waals surface area contributed by atoms with Crippen LogP contribution in [0, 0.1) is 0 Å². The number of hydrogen-bond donors (Lipinski definition) is 2. The number of nitrogens with zero attached hydrogens (tertiary/aromatic N) is 3. The highest BCUT2D eigenvalue weighted by Gasteiger charge is 2.18. The van der Waals surface area contributed by atoms with Gasteiger partial charge in [-0.05, 0) is 24.3 Å². The first-order valence-electron chi connectivity index (χ1n) is 6.52. The van der Waals surface area contributed by atoms with Gasteiger partial charge < -0.3 is 20.9 Å². The molecule has 0 radical (unpaired) electrons. The number of anilines is 1. The lowest BCUT2D eigenvalue weighted by Gasteiger charge is -2.19. The van der Waals surface area contributed by atoms with Crippen molar-refractivity contribution in [1.29, 1.82) is 0 Å². The van der Waals surface area contributed by atoms with Crippen molar-refractivity contribution in [3.8, 4) is 5.69 Å². The van der Waals surface area contributed by atoms with Crippen molar-refractivity contribution in [2.24, 2.45) is 16.5 Å². The summed E-state index contributed by atoms with van der Waals surface area (Å²) in [7, 11) is 3.48. The highest BCUT2D eigenvalue weighted by molar-refractivity contribution is 6.08. The predicted octanol–water partition coefficient (Wildman–Crippen LogP) is 0.769. The molecule has 0 aliphatic heterocycles. The summed E-state index contributed by atoms with van der Waals surface area (Å²) in [6.45, 7) is 0. The quantitative estimate of drug-likeness (QED) is 0.492. The van der Waals surface area contributed by atoms with Crippen LogP contribution in [0.4, 0.5) is 5.69 Å². The van der Waals surface area contributed by atoms with Gasteiger partial charge in [0.1, 0.15) is 0 Å². The van der Waals surface area contributed by atoms with Crippen molar-refractivity contribution in [1.82, 2.24) is 4.57 Å². The molecule has 0 aliphatic rings. The molecule has 22 heavy (non-hydrogen) atoms. The van der Waals surface area contributed by atoms with Gasteiger partial charge in [-0.25, -0.2) is 0 Å². The Labute approximate surface area is 127 Å². The molecule has 0 fully saturated rings. The number of carbonyl (C=O) groups excluding carboxylic acids is 2. The summed E-state index contributed by atoms with van der Waals surface area (Å²) in [5.41, 5.74) is 12.3. The molecule has 0 atom stereocenters. The minimum atomic E-state index is -0.596. The van der Waals surface area contributed by atoms with Crippen LogP contribution in [0.25, 0.3) is 5.69 Å². The smallest absolute Gasteiger partial charge is 0.282 e. The average Bonchev–Trinajstić information content (AvgIpc) is 2.99. The second kappa shape index (κ2) is 6.13. The van der Waals surface area contributed by atoms with Crippen molar-refractivity contribution in [2.75, 3.05) is 19.0 Å². The first-order chi connectivity index (χ1) is 10.4. The van der Waals surface area contributed by atoms with Gasteiger partial charge in [0.2, 0.25) is 0 Å². The number of benzene rings is 1. The lowest BCUT2D eigenvalue weighted by Crippen LogP contribution is -2.25. The molecule has 2 aromatic rings. The van der Waals surface area contributed by atoms with Gasteiger partial charge in [-0.15, -0.1) is 0 Å². The third-order valence-corrected chi connectivity index (χ3v) is 3.06. The molecule has 1 aromatic heterocycles. The minimum absolute atomic E-state index is 0.256. The van der Waals surface area contributed by atoms with Crippen LogP contribution in [0.5, 0.6) is 0 Å². The van der Waals surface area contributed by atoms with Crippen LogP contribution in [0.3, 0.4) is 0 Å². The lowest BCUT2D eigenvalue weighted by molar-refractivity contribution is 0.100. The van der Waals surface area contributed by atoms with E-state index in [2.05, 4.69) is 4.99 Å². The third kappa shape index (κ3) is 2.98. The SMILES string of the molecule is CN(C)c1c(C=O)cc(-n2cccc2)cc1C(=O)N=C(N)N. The van der Waals surface area contributed by atoms with E-state index in [0.29, 0.717) is 23.2 Å².